The maximum absolute atomic E-state index is 10.1. The largest absolute Gasteiger partial charge is 0.466 e. The van der Waals surface area contributed by atoms with E-state index in [-0.39, 0.29) is 17.5 Å². The summed E-state index contributed by atoms with van der Waals surface area (Å²) in [6, 6.07) is 149. The van der Waals surface area contributed by atoms with Crippen LogP contribution in [0.2, 0.25) is 0 Å². The third-order valence-electron chi connectivity index (χ3n) is 10.8. The van der Waals surface area contributed by atoms with E-state index >= 15 is 0 Å². The summed E-state index contributed by atoms with van der Waals surface area (Å²) in [5.41, 5.74) is 0. The van der Waals surface area contributed by atoms with Crippen LogP contribution in [0, 0.1) is 0 Å². The van der Waals surface area contributed by atoms with Gasteiger partial charge in [0.05, 0.1) is 7.11 Å². The zero-order chi connectivity index (χ0) is 106. The molecule has 0 saturated carbocycles. The highest BCUT2D eigenvalue weighted by atomic mass is 16.5. The summed E-state index contributed by atoms with van der Waals surface area (Å²) in [5.74, 6) is -0.0856. The van der Waals surface area contributed by atoms with Gasteiger partial charge in [-0.05, 0) is 71.4 Å². The fourth-order valence-electron chi connectivity index (χ4n) is 6.04. The predicted octanol–water partition coefficient (Wildman–Crippen LogP) is 42.1. The summed E-state index contributed by atoms with van der Waals surface area (Å²) in [6.45, 7) is 72.5. The van der Waals surface area contributed by atoms with E-state index < -0.39 is 0 Å². The van der Waals surface area contributed by atoms with Crippen molar-refractivity contribution in [3.8, 4) is 0 Å². The monoisotopic (exact) mass is 1820 g/mol. The van der Waals surface area contributed by atoms with Gasteiger partial charge in [0.1, 0.15) is 0 Å². The van der Waals surface area contributed by atoms with Gasteiger partial charge < -0.3 is 4.74 Å². The molecule has 0 heterocycles. The summed E-state index contributed by atoms with van der Waals surface area (Å²) in [7, 11) is 4.63. The van der Waals surface area contributed by atoms with Gasteiger partial charge in [0.15, 0.2) is 11.6 Å². The van der Waals surface area contributed by atoms with Crippen LogP contribution in [0.15, 0.2) is 508 Å². The molecular formula is C127H202N2O4. The number of methoxy groups -OCH3 is 1. The molecule has 0 aliphatic rings. The number of ether oxygens (including phenoxy) is 1. The number of hydrogen-bond acceptors (Lipinski definition) is 6. The number of nitrogens with zero attached hydrogens (tertiary/aromatic N) is 2. The minimum atomic E-state index is -0.303. The second-order valence-electron chi connectivity index (χ2n) is 19.4. The van der Waals surface area contributed by atoms with Crippen LogP contribution in [0.25, 0.3) is 10.8 Å². The first-order chi connectivity index (χ1) is 65.6. The lowest BCUT2D eigenvalue weighted by molar-refractivity contribution is -0.134. The van der Waals surface area contributed by atoms with E-state index in [2.05, 4.69) is 63.5 Å². The second-order valence-corrected chi connectivity index (χ2v) is 19.4. The van der Waals surface area contributed by atoms with Crippen LogP contribution < -0.4 is 0 Å². The third-order valence-corrected chi connectivity index (χ3v) is 10.8. The highest BCUT2D eigenvalue weighted by molar-refractivity contribution is 5.87. The molecule has 0 N–H and O–H groups in total. The number of carbonyl (C=O) groups excluding carboxylic acids is 3. The summed E-state index contributed by atoms with van der Waals surface area (Å²) in [6.07, 6.45) is 13.5. The van der Waals surface area contributed by atoms with Crippen LogP contribution in [0.1, 0.15) is 256 Å². The molecule has 0 amide bonds. The van der Waals surface area contributed by atoms with Crippen molar-refractivity contribution in [2.45, 2.75) is 256 Å². The van der Waals surface area contributed by atoms with E-state index in [0.29, 0.717) is 0 Å². The van der Waals surface area contributed by atoms with Crippen molar-refractivity contribution in [2.75, 3.05) is 21.2 Å². The Balaban J connectivity index is -0.0000000601. The third kappa shape index (κ3) is 231. The number of fused-ring (bicyclic) bond motifs is 1. The SMILES string of the molecule is CC.CC.CC.CC.CC.CC.CC.CC.CC.CC.CC.CC.CC.CC.CC.CC=CC.CC=CC(=O)OC.CC=CC(C)=O.CC=CC(C)=O.CN=NC.c1ccc2ccccc2c1.c1ccccc1.c1ccccc1.c1ccccc1.c1ccccc1.c1ccccc1.c1ccccc1.c1ccccc1.c1ccccc1.c1ccccc1.c1ccccc1.c1ccccc1. The quantitative estimate of drug-likeness (QED) is 0.0763. The normalized spacial score (nSPS) is 7.34. The Morgan fingerprint density at radius 2 is 0.263 bits per heavy atom. The van der Waals surface area contributed by atoms with Gasteiger partial charge in [-0.1, -0.05) is 687 Å². The van der Waals surface area contributed by atoms with Crippen molar-refractivity contribution >= 4 is 28.3 Å². The molecule has 0 aliphatic heterocycles. The zero-order valence-electron chi connectivity index (χ0n) is 92.4. The van der Waals surface area contributed by atoms with Gasteiger partial charge in [-0.2, -0.15) is 10.2 Å². The van der Waals surface area contributed by atoms with E-state index in [1.54, 1.807) is 39.2 Å². The Morgan fingerprint density at radius 1 is 0.173 bits per heavy atom. The molecule has 0 unspecified atom stereocenters. The van der Waals surface area contributed by atoms with E-state index in [1.165, 1.54) is 50.0 Å². The molecule has 0 aromatic heterocycles. The Bertz CT molecular complexity index is 2720. The van der Waals surface area contributed by atoms with Crippen molar-refractivity contribution in [1.29, 1.82) is 0 Å². The molecule has 0 atom stereocenters. The minimum absolute atomic E-state index is 0.109. The van der Waals surface area contributed by atoms with Crippen LogP contribution in [0.3, 0.4) is 0 Å². The molecule has 0 spiro atoms. The standard InChI is InChI=1S/C10H8.11C6H6.C5H8O2.2C5H8O.C4H8.C2H6N2.15C2H6/c1-2-6-10-8-4-3-7-9(10)5-1;11*1-2-4-6-5-3-1;1-3-4-5(6)7-2;2*1-3-4-5(2)6;2*1-3-4-2;15*1-2/h1-8H;11*1-6H;3-4H,1-2H3;2*3-4H,1-2H3;3-4H,1-2H3;1-2H3;15*1-2H3. The topological polar surface area (TPSA) is 85.2 Å². The number of ketones is 2. The van der Waals surface area contributed by atoms with E-state index in [0.717, 1.165) is 0 Å². The van der Waals surface area contributed by atoms with Gasteiger partial charge in [0.25, 0.3) is 0 Å². The Kier molecular flexibility index (Phi) is 275. The van der Waals surface area contributed by atoms with Crippen molar-refractivity contribution in [3.63, 3.8) is 0 Å². The van der Waals surface area contributed by atoms with E-state index in [4.69, 9.17) is 0 Å². The molecule has 0 bridgehead atoms. The average Bonchev–Trinajstić information content (AvgIpc) is 0.872. The number of allylic oxidation sites excluding steroid dienone is 7. The van der Waals surface area contributed by atoms with Crippen LogP contribution >= 0.6 is 0 Å². The van der Waals surface area contributed by atoms with Crippen LogP contribution in [-0.4, -0.2) is 38.7 Å². The number of benzene rings is 13. The first-order valence-electron chi connectivity index (χ1n) is 48.8. The molecule has 13 rings (SSSR count). The molecule has 0 saturated heterocycles. The lowest BCUT2D eigenvalue weighted by atomic mass is 10.1. The maximum Gasteiger partial charge on any atom is 0.330 e. The average molecular weight is 1820 g/mol. The molecule has 13 aromatic rings. The molecule has 0 radical (unpaired) electrons. The van der Waals surface area contributed by atoms with Crippen molar-refractivity contribution in [1.82, 2.24) is 0 Å². The molecule has 6 heteroatoms. The molecule has 0 aliphatic carbocycles. The van der Waals surface area contributed by atoms with Gasteiger partial charge in [-0.15, -0.1) is 0 Å². The second kappa shape index (κ2) is 219. The summed E-state index contributed by atoms with van der Waals surface area (Å²) < 4.78 is 4.26. The van der Waals surface area contributed by atoms with Crippen molar-refractivity contribution < 1.29 is 19.1 Å². The highest BCUT2D eigenvalue weighted by Gasteiger charge is 1.86. The Labute approximate surface area is 827 Å². The van der Waals surface area contributed by atoms with Crippen LogP contribution in [0.4, 0.5) is 0 Å². The summed E-state index contributed by atoms with van der Waals surface area (Å²) >= 11 is 0. The highest BCUT2D eigenvalue weighted by Crippen LogP contribution is 2.11. The van der Waals surface area contributed by atoms with Crippen molar-refractivity contribution in [2.24, 2.45) is 10.2 Å². The number of azo groups is 1. The lowest BCUT2D eigenvalue weighted by Crippen LogP contribution is -1.92. The predicted molar refractivity (Wildman–Crippen MR) is 620 cm³/mol. The Hall–Kier alpha value is -12.5. The lowest BCUT2D eigenvalue weighted by Gasteiger charge is -1.92. The molecule has 13 aromatic carbocycles. The van der Waals surface area contributed by atoms with Crippen LogP contribution in [0.5, 0.6) is 0 Å². The van der Waals surface area contributed by atoms with E-state index in [1.807, 2.05) is 648 Å². The van der Waals surface area contributed by atoms with Gasteiger partial charge >= 0.3 is 5.97 Å². The molecule has 6 nitrogen and oxygen atoms in total. The molecule has 0 fully saturated rings. The molecule has 133 heavy (non-hydrogen) atoms. The summed E-state index contributed by atoms with van der Waals surface area (Å²) in [5, 5.41) is 9.34. The molecular weight excluding hydrogens is 1620 g/mol. The fourth-order valence-corrected chi connectivity index (χ4v) is 6.04. The van der Waals surface area contributed by atoms with Gasteiger partial charge in [0, 0.05) is 20.2 Å². The zero-order valence-corrected chi connectivity index (χ0v) is 92.4. The van der Waals surface area contributed by atoms with Gasteiger partial charge in [-0.25, -0.2) is 4.79 Å². The first kappa shape index (κ1) is 167. The van der Waals surface area contributed by atoms with Crippen molar-refractivity contribution in [3.05, 3.63) is 498 Å². The smallest absolute Gasteiger partial charge is 0.330 e. The number of hydrogen-bond donors (Lipinski definition) is 0. The molecule has 744 valence electrons. The van der Waals surface area contributed by atoms with Crippen LogP contribution in [-0.2, 0) is 19.1 Å². The number of rotatable bonds is 3. The number of carbonyl (C=O) groups is 3. The summed E-state index contributed by atoms with van der Waals surface area (Å²) in [4.78, 5) is 30.0. The van der Waals surface area contributed by atoms with E-state index in [9.17, 15) is 14.4 Å². The van der Waals surface area contributed by atoms with Gasteiger partial charge in [0.2, 0.25) is 0 Å². The van der Waals surface area contributed by atoms with Gasteiger partial charge in [-0.3, -0.25) is 9.59 Å². The Morgan fingerprint density at radius 3 is 0.301 bits per heavy atom. The maximum atomic E-state index is 10.1. The fraction of sp³-hybridized carbons (Fsp3) is 0.315. The minimum Gasteiger partial charge on any atom is -0.466 e. The number of esters is 1. The first-order valence-corrected chi connectivity index (χ1v) is 48.8.